The van der Waals surface area contributed by atoms with Crippen LogP contribution in [0.3, 0.4) is 0 Å². The number of carbonyl (C=O) groups is 1. The largest absolute Gasteiger partial charge is 0.345 e. The number of anilines is 1. The number of aryl methyl sites for hydroxylation is 1. The molecule has 0 unspecified atom stereocenters. The summed E-state index contributed by atoms with van der Waals surface area (Å²) in [5.41, 5.74) is 2.55. The predicted molar refractivity (Wildman–Crippen MR) is 114 cm³/mol. The summed E-state index contributed by atoms with van der Waals surface area (Å²) >= 11 is 20.0. The lowest BCUT2D eigenvalue weighted by molar-refractivity contribution is 0.0747. The van der Waals surface area contributed by atoms with Gasteiger partial charge in [-0.2, -0.15) is 0 Å². The van der Waals surface area contributed by atoms with Crippen LogP contribution in [0.2, 0.25) is 15.1 Å². The van der Waals surface area contributed by atoms with Gasteiger partial charge in [-0.3, -0.25) is 4.79 Å². The van der Waals surface area contributed by atoms with Crippen molar-refractivity contribution in [3.63, 3.8) is 0 Å². The average molecular weight is 441 g/mol. The molecule has 2 aromatic carbocycles. The number of aromatic nitrogens is 1. The number of piperazine rings is 1. The minimum absolute atomic E-state index is 0.0699. The standard InChI is InChI=1S/C19H16Cl3N3OS/c1-11-2-5-14(21)17-16(11)23-19(27-17)25-8-6-24(7-9-25)18(26)13-4-3-12(20)10-15(13)22/h2-5,10H,6-9H2,1H3. The second kappa shape index (κ2) is 7.47. The number of amides is 1. The fraction of sp³-hybridized carbons (Fsp3) is 0.263. The molecular formula is C19H16Cl3N3OS. The Morgan fingerprint density at radius 3 is 2.44 bits per heavy atom. The highest BCUT2D eigenvalue weighted by molar-refractivity contribution is 7.22. The number of fused-ring (bicyclic) bond motifs is 1. The van der Waals surface area contributed by atoms with Gasteiger partial charge in [0.1, 0.15) is 0 Å². The summed E-state index contributed by atoms with van der Waals surface area (Å²) in [6, 6.07) is 8.86. The number of nitrogens with zero attached hydrogens (tertiary/aromatic N) is 3. The molecule has 1 saturated heterocycles. The van der Waals surface area contributed by atoms with Crippen LogP contribution in [-0.4, -0.2) is 42.0 Å². The normalized spacial score (nSPS) is 14.8. The first-order valence-electron chi connectivity index (χ1n) is 8.49. The molecule has 4 rings (SSSR count). The first kappa shape index (κ1) is 18.8. The summed E-state index contributed by atoms with van der Waals surface area (Å²) in [7, 11) is 0. The summed E-state index contributed by atoms with van der Waals surface area (Å²) in [6.07, 6.45) is 0. The van der Waals surface area contributed by atoms with Gasteiger partial charge in [0, 0.05) is 31.2 Å². The highest BCUT2D eigenvalue weighted by Crippen LogP contribution is 2.36. The van der Waals surface area contributed by atoms with Crippen LogP contribution in [0.4, 0.5) is 5.13 Å². The summed E-state index contributed by atoms with van der Waals surface area (Å²) in [4.78, 5) is 21.5. The molecule has 0 N–H and O–H groups in total. The second-order valence-corrected chi connectivity index (χ2v) is 8.67. The van der Waals surface area contributed by atoms with E-state index in [2.05, 4.69) is 4.90 Å². The van der Waals surface area contributed by atoms with Crippen LogP contribution < -0.4 is 4.90 Å². The zero-order valence-electron chi connectivity index (χ0n) is 14.5. The van der Waals surface area contributed by atoms with Crippen molar-refractivity contribution in [2.75, 3.05) is 31.1 Å². The molecule has 0 bridgehead atoms. The van der Waals surface area contributed by atoms with Crippen molar-refractivity contribution >= 4 is 67.4 Å². The molecule has 1 aromatic heterocycles. The monoisotopic (exact) mass is 439 g/mol. The van der Waals surface area contributed by atoms with Gasteiger partial charge < -0.3 is 9.80 Å². The molecule has 1 amide bonds. The van der Waals surface area contributed by atoms with Crippen molar-refractivity contribution in [2.24, 2.45) is 0 Å². The zero-order valence-corrected chi connectivity index (χ0v) is 17.6. The van der Waals surface area contributed by atoms with Crippen molar-refractivity contribution in [3.05, 3.63) is 56.5 Å². The van der Waals surface area contributed by atoms with E-state index in [0.717, 1.165) is 25.9 Å². The summed E-state index contributed by atoms with van der Waals surface area (Å²) in [5.74, 6) is -0.0699. The molecule has 0 atom stereocenters. The number of thiazole rings is 1. The molecule has 0 saturated carbocycles. The molecule has 8 heteroatoms. The van der Waals surface area contributed by atoms with E-state index in [1.807, 2.05) is 24.0 Å². The van der Waals surface area contributed by atoms with Gasteiger partial charge in [0.2, 0.25) is 0 Å². The van der Waals surface area contributed by atoms with E-state index in [4.69, 9.17) is 39.8 Å². The Morgan fingerprint density at radius 2 is 1.78 bits per heavy atom. The van der Waals surface area contributed by atoms with Crippen LogP contribution in [0.1, 0.15) is 15.9 Å². The lowest BCUT2D eigenvalue weighted by atomic mass is 10.2. The Morgan fingerprint density at radius 1 is 1.04 bits per heavy atom. The molecule has 4 nitrogen and oxygen atoms in total. The van der Waals surface area contributed by atoms with Crippen LogP contribution in [0.5, 0.6) is 0 Å². The smallest absolute Gasteiger partial charge is 0.255 e. The second-order valence-electron chi connectivity index (χ2n) is 6.44. The van der Waals surface area contributed by atoms with E-state index in [1.165, 1.54) is 0 Å². The van der Waals surface area contributed by atoms with Gasteiger partial charge in [-0.15, -0.1) is 0 Å². The number of carbonyl (C=O) groups excluding carboxylic acids is 1. The van der Waals surface area contributed by atoms with Crippen molar-refractivity contribution in [3.8, 4) is 0 Å². The third-order valence-electron chi connectivity index (χ3n) is 4.68. The van der Waals surface area contributed by atoms with E-state index in [1.54, 1.807) is 29.5 Å². The lowest BCUT2D eigenvalue weighted by Crippen LogP contribution is -2.48. The molecule has 3 aromatic rings. The van der Waals surface area contributed by atoms with Gasteiger partial charge in [-0.05, 0) is 36.8 Å². The van der Waals surface area contributed by atoms with E-state index >= 15 is 0 Å². The van der Waals surface area contributed by atoms with Crippen LogP contribution in [0.25, 0.3) is 10.2 Å². The minimum atomic E-state index is -0.0699. The van der Waals surface area contributed by atoms with Gasteiger partial charge in [-0.25, -0.2) is 4.98 Å². The third kappa shape index (κ3) is 3.61. The summed E-state index contributed by atoms with van der Waals surface area (Å²) in [5, 5.41) is 2.57. The quantitative estimate of drug-likeness (QED) is 0.526. The van der Waals surface area contributed by atoms with E-state index in [-0.39, 0.29) is 5.91 Å². The van der Waals surface area contributed by atoms with Crippen molar-refractivity contribution in [1.82, 2.24) is 9.88 Å². The average Bonchev–Trinajstić information content (AvgIpc) is 3.11. The first-order valence-corrected chi connectivity index (χ1v) is 10.4. The van der Waals surface area contributed by atoms with Gasteiger partial charge in [-0.1, -0.05) is 52.2 Å². The maximum atomic E-state index is 12.8. The molecule has 1 aliphatic heterocycles. The SMILES string of the molecule is Cc1ccc(Cl)c2sc(N3CCN(C(=O)c4ccc(Cl)cc4Cl)CC3)nc12. The Kier molecular flexibility index (Phi) is 5.21. The predicted octanol–water partition coefficient (Wildman–Crippen LogP) is 5.53. The van der Waals surface area contributed by atoms with Crippen LogP contribution in [-0.2, 0) is 0 Å². The van der Waals surface area contributed by atoms with Gasteiger partial charge in [0.25, 0.3) is 5.91 Å². The van der Waals surface area contributed by atoms with Crippen molar-refractivity contribution < 1.29 is 4.79 Å². The van der Waals surface area contributed by atoms with Crippen LogP contribution in [0, 0.1) is 6.92 Å². The molecule has 140 valence electrons. The zero-order chi connectivity index (χ0) is 19.1. The molecule has 0 spiro atoms. The van der Waals surface area contributed by atoms with Gasteiger partial charge >= 0.3 is 0 Å². The van der Waals surface area contributed by atoms with Crippen LogP contribution in [0.15, 0.2) is 30.3 Å². The number of rotatable bonds is 2. The molecule has 0 radical (unpaired) electrons. The Balaban J connectivity index is 1.50. The molecule has 1 aliphatic rings. The van der Waals surface area contributed by atoms with Crippen LogP contribution >= 0.6 is 46.1 Å². The highest BCUT2D eigenvalue weighted by Gasteiger charge is 2.25. The van der Waals surface area contributed by atoms with E-state index in [0.29, 0.717) is 41.8 Å². The third-order valence-corrected chi connectivity index (χ3v) is 6.81. The Labute approximate surface area is 176 Å². The first-order chi connectivity index (χ1) is 12.9. The van der Waals surface area contributed by atoms with E-state index < -0.39 is 0 Å². The maximum Gasteiger partial charge on any atom is 0.255 e. The maximum absolute atomic E-state index is 12.8. The van der Waals surface area contributed by atoms with E-state index in [9.17, 15) is 4.79 Å². The van der Waals surface area contributed by atoms with Gasteiger partial charge in [0.15, 0.2) is 5.13 Å². The summed E-state index contributed by atoms with van der Waals surface area (Å²) in [6.45, 7) is 4.69. The fourth-order valence-electron chi connectivity index (χ4n) is 3.16. The fourth-order valence-corrected chi connectivity index (χ4v) is 5.02. The summed E-state index contributed by atoms with van der Waals surface area (Å²) < 4.78 is 1.01. The Bertz CT molecular complexity index is 989. The molecule has 27 heavy (non-hydrogen) atoms. The number of halogens is 3. The molecule has 2 heterocycles. The number of benzene rings is 2. The molecule has 1 fully saturated rings. The Hall–Kier alpha value is -1.53. The minimum Gasteiger partial charge on any atom is -0.345 e. The van der Waals surface area contributed by atoms with Crippen molar-refractivity contribution in [1.29, 1.82) is 0 Å². The number of hydrogen-bond acceptors (Lipinski definition) is 4. The lowest BCUT2D eigenvalue weighted by Gasteiger charge is -2.34. The molecule has 0 aliphatic carbocycles. The van der Waals surface area contributed by atoms with Crippen molar-refractivity contribution in [2.45, 2.75) is 6.92 Å². The molecular weight excluding hydrogens is 425 g/mol. The number of hydrogen-bond donors (Lipinski definition) is 0. The highest BCUT2D eigenvalue weighted by atomic mass is 35.5. The van der Waals surface area contributed by atoms with Gasteiger partial charge in [0.05, 0.1) is 25.8 Å². The topological polar surface area (TPSA) is 36.4 Å².